The Balaban J connectivity index is 2.22. The highest BCUT2D eigenvalue weighted by Crippen LogP contribution is 2.28. The Labute approximate surface area is 116 Å². The van der Waals surface area contributed by atoms with Crippen molar-refractivity contribution in [3.05, 3.63) is 18.3 Å². The molecule has 3 aromatic rings. The SMILES string of the molecule is CCn1nc(-c2cc(N)nc3[nH]ccc23)nc1N(C)C. The Morgan fingerprint density at radius 2 is 2.15 bits per heavy atom. The maximum absolute atomic E-state index is 5.85. The zero-order valence-electron chi connectivity index (χ0n) is 11.8. The van der Waals surface area contributed by atoms with E-state index in [0.29, 0.717) is 11.6 Å². The molecule has 0 aliphatic heterocycles. The van der Waals surface area contributed by atoms with E-state index in [2.05, 4.69) is 20.1 Å². The Morgan fingerprint density at radius 1 is 1.35 bits per heavy atom. The van der Waals surface area contributed by atoms with Crippen LogP contribution in [0.2, 0.25) is 0 Å². The number of fused-ring (bicyclic) bond motifs is 1. The first kappa shape index (κ1) is 12.5. The van der Waals surface area contributed by atoms with E-state index in [0.717, 1.165) is 29.1 Å². The van der Waals surface area contributed by atoms with Gasteiger partial charge in [0.1, 0.15) is 11.5 Å². The average molecular weight is 271 g/mol. The topological polar surface area (TPSA) is 88.7 Å². The van der Waals surface area contributed by atoms with Crippen LogP contribution in [0.3, 0.4) is 0 Å². The van der Waals surface area contributed by atoms with Gasteiger partial charge in [-0.15, -0.1) is 5.10 Å². The number of aryl methyl sites for hydroxylation is 1. The number of H-pyrrole nitrogens is 1. The van der Waals surface area contributed by atoms with Gasteiger partial charge in [0.15, 0.2) is 5.82 Å². The van der Waals surface area contributed by atoms with E-state index in [1.807, 2.05) is 48.9 Å². The number of aromatic nitrogens is 5. The molecule has 0 fully saturated rings. The number of hydrogen-bond donors (Lipinski definition) is 2. The predicted octanol–water partition coefficient (Wildman–Crippen LogP) is 1.49. The summed E-state index contributed by atoms with van der Waals surface area (Å²) in [7, 11) is 3.90. The van der Waals surface area contributed by atoms with Gasteiger partial charge in [-0.2, -0.15) is 4.98 Å². The molecule has 0 aromatic carbocycles. The Hall–Kier alpha value is -2.57. The molecule has 3 rings (SSSR count). The lowest BCUT2D eigenvalue weighted by Gasteiger charge is -2.10. The molecule has 0 spiro atoms. The van der Waals surface area contributed by atoms with Gasteiger partial charge in [0.25, 0.3) is 0 Å². The Morgan fingerprint density at radius 3 is 2.80 bits per heavy atom. The van der Waals surface area contributed by atoms with Crippen LogP contribution in [0.4, 0.5) is 11.8 Å². The molecule has 0 aliphatic rings. The lowest BCUT2D eigenvalue weighted by atomic mass is 10.1. The number of nitrogens with zero attached hydrogens (tertiary/aromatic N) is 5. The summed E-state index contributed by atoms with van der Waals surface area (Å²) in [6, 6.07) is 3.77. The number of pyridine rings is 1. The number of hydrogen-bond acceptors (Lipinski definition) is 5. The van der Waals surface area contributed by atoms with Crippen molar-refractivity contribution in [2.75, 3.05) is 24.7 Å². The van der Waals surface area contributed by atoms with Gasteiger partial charge in [0.2, 0.25) is 5.95 Å². The van der Waals surface area contributed by atoms with Crippen molar-refractivity contribution in [2.24, 2.45) is 0 Å². The van der Waals surface area contributed by atoms with Crippen LogP contribution in [0, 0.1) is 0 Å². The van der Waals surface area contributed by atoms with Gasteiger partial charge < -0.3 is 15.6 Å². The van der Waals surface area contributed by atoms with E-state index >= 15 is 0 Å². The third kappa shape index (κ3) is 1.87. The summed E-state index contributed by atoms with van der Waals surface area (Å²) >= 11 is 0. The fourth-order valence-corrected chi connectivity index (χ4v) is 2.23. The highest BCUT2D eigenvalue weighted by molar-refractivity contribution is 5.92. The minimum atomic E-state index is 0.453. The highest BCUT2D eigenvalue weighted by atomic mass is 15.4. The van der Waals surface area contributed by atoms with Gasteiger partial charge in [0, 0.05) is 37.8 Å². The van der Waals surface area contributed by atoms with Crippen LogP contribution in [0.5, 0.6) is 0 Å². The molecule has 0 atom stereocenters. The fraction of sp³-hybridized carbons (Fsp3) is 0.308. The number of nitrogen functional groups attached to an aromatic ring is 1. The summed E-state index contributed by atoms with van der Waals surface area (Å²) < 4.78 is 1.87. The molecule has 0 saturated carbocycles. The molecule has 0 aliphatic carbocycles. The molecule has 0 bridgehead atoms. The average Bonchev–Trinajstić information content (AvgIpc) is 3.03. The van der Waals surface area contributed by atoms with Crippen LogP contribution in [-0.4, -0.2) is 38.8 Å². The second kappa shape index (κ2) is 4.52. The van der Waals surface area contributed by atoms with Crippen LogP contribution >= 0.6 is 0 Å². The quantitative estimate of drug-likeness (QED) is 0.753. The number of nitrogens with two attached hydrogens (primary N) is 1. The summed E-state index contributed by atoms with van der Waals surface area (Å²) in [5.74, 6) is 1.94. The monoisotopic (exact) mass is 271 g/mol. The van der Waals surface area contributed by atoms with E-state index in [1.54, 1.807) is 0 Å². The van der Waals surface area contributed by atoms with Gasteiger partial charge in [0.05, 0.1) is 0 Å². The van der Waals surface area contributed by atoms with E-state index < -0.39 is 0 Å². The summed E-state index contributed by atoms with van der Waals surface area (Å²) in [4.78, 5) is 13.9. The molecule has 0 radical (unpaired) electrons. The smallest absolute Gasteiger partial charge is 0.223 e. The van der Waals surface area contributed by atoms with E-state index in [1.165, 1.54) is 0 Å². The molecule has 7 heteroatoms. The van der Waals surface area contributed by atoms with Crippen molar-refractivity contribution >= 4 is 22.8 Å². The molecule has 0 unspecified atom stereocenters. The van der Waals surface area contributed by atoms with E-state index in [9.17, 15) is 0 Å². The maximum Gasteiger partial charge on any atom is 0.223 e. The molecule has 20 heavy (non-hydrogen) atoms. The molecule has 0 amide bonds. The minimum absolute atomic E-state index is 0.453. The first-order chi connectivity index (χ1) is 9.60. The number of anilines is 2. The summed E-state index contributed by atoms with van der Waals surface area (Å²) in [5.41, 5.74) is 7.50. The van der Waals surface area contributed by atoms with Gasteiger partial charge in [-0.3, -0.25) is 0 Å². The second-order valence-electron chi connectivity index (χ2n) is 4.78. The Bertz CT molecular complexity index is 753. The molecule has 3 aromatic heterocycles. The van der Waals surface area contributed by atoms with Crippen molar-refractivity contribution in [2.45, 2.75) is 13.5 Å². The van der Waals surface area contributed by atoms with Gasteiger partial charge in [-0.25, -0.2) is 9.67 Å². The van der Waals surface area contributed by atoms with E-state index in [-0.39, 0.29) is 0 Å². The van der Waals surface area contributed by atoms with Crippen LogP contribution in [0.1, 0.15) is 6.92 Å². The third-order valence-corrected chi connectivity index (χ3v) is 3.14. The van der Waals surface area contributed by atoms with Crippen molar-refractivity contribution < 1.29 is 0 Å². The first-order valence-electron chi connectivity index (χ1n) is 6.46. The van der Waals surface area contributed by atoms with Crippen LogP contribution < -0.4 is 10.6 Å². The van der Waals surface area contributed by atoms with E-state index in [4.69, 9.17) is 5.73 Å². The molecule has 7 nitrogen and oxygen atoms in total. The van der Waals surface area contributed by atoms with Crippen molar-refractivity contribution in [1.29, 1.82) is 0 Å². The largest absolute Gasteiger partial charge is 0.384 e. The number of nitrogens with one attached hydrogen (secondary N) is 1. The number of rotatable bonds is 3. The Kier molecular flexibility index (Phi) is 2.81. The maximum atomic E-state index is 5.85. The molecular weight excluding hydrogens is 254 g/mol. The molecule has 3 N–H and O–H groups in total. The molecule has 3 heterocycles. The number of aromatic amines is 1. The predicted molar refractivity (Wildman–Crippen MR) is 79.5 cm³/mol. The zero-order chi connectivity index (χ0) is 14.3. The normalized spacial score (nSPS) is 11.2. The van der Waals surface area contributed by atoms with Crippen LogP contribution in [-0.2, 0) is 6.54 Å². The molecular formula is C13H17N7. The fourth-order valence-electron chi connectivity index (χ4n) is 2.23. The molecule has 0 saturated heterocycles. The lowest BCUT2D eigenvalue weighted by Crippen LogP contribution is -2.15. The second-order valence-corrected chi connectivity index (χ2v) is 4.78. The minimum Gasteiger partial charge on any atom is -0.384 e. The summed E-state index contributed by atoms with van der Waals surface area (Å²) in [5, 5.41) is 5.53. The summed E-state index contributed by atoms with van der Waals surface area (Å²) in [6.45, 7) is 2.80. The van der Waals surface area contributed by atoms with Gasteiger partial charge in [-0.1, -0.05) is 0 Å². The lowest BCUT2D eigenvalue weighted by molar-refractivity contribution is 0.654. The third-order valence-electron chi connectivity index (χ3n) is 3.14. The van der Waals surface area contributed by atoms with Crippen molar-refractivity contribution in [3.63, 3.8) is 0 Å². The van der Waals surface area contributed by atoms with Crippen LogP contribution in [0.15, 0.2) is 18.3 Å². The zero-order valence-corrected chi connectivity index (χ0v) is 11.8. The van der Waals surface area contributed by atoms with Gasteiger partial charge >= 0.3 is 0 Å². The first-order valence-corrected chi connectivity index (χ1v) is 6.46. The van der Waals surface area contributed by atoms with Crippen molar-refractivity contribution in [3.8, 4) is 11.4 Å². The van der Waals surface area contributed by atoms with Gasteiger partial charge in [-0.05, 0) is 19.1 Å². The van der Waals surface area contributed by atoms with Crippen molar-refractivity contribution in [1.82, 2.24) is 24.7 Å². The molecule has 104 valence electrons. The summed E-state index contributed by atoms with van der Waals surface area (Å²) in [6.07, 6.45) is 1.84. The van der Waals surface area contributed by atoms with Crippen LogP contribution in [0.25, 0.3) is 22.4 Å². The highest BCUT2D eigenvalue weighted by Gasteiger charge is 2.15. The standard InChI is InChI=1S/C13H17N7/c1-4-20-13(19(2)3)17-12(18-20)9-7-10(14)16-11-8(9)5-6-15-11/h5-7H,4H2,1-3H3,(H3,14,15,16).